The monoisotopic (exact) mass is 246 g/mol. The van der Waals surface area contributed by atoms with Gasteiger partial charge in [-0.2, -0.15) is 0 Å². The number of allylic oxidation sites excluding steroid dienone is 2. The van der Waals surface area contributed by atoms with Crippen LogP contribution in [0.4, 0.5) is 0 Å². The molecule has 1 aliphatic rings. The fraction of sp³-hybridized carbons (Fsp3) is 0.400. The van der Waals surface area contributed by atoms with E-state index in [1.165, 1.54) is 16.9 Å². The molecule has 90 valence electrons. The summed E-state index contributed by atoms with van der Waals surface area (Å²) < 4.78 is 0. The first-order chi connectivity index (χ1) is 8.31. The molecule has 0 saturated heterocycles. The third kappa shape index (κ3) is 3.22. The van der Waals surface area contributed by atoms with E-state index in [1.54, 1.807) is 6.08 Å². The molecule has 0 heterocycles. The van der Waals surface area contributed by atoms with Gasteiger partial charge in [0.2, 0.25) is 0 Å². The van der Waals surface area contributed by atoms with Gasteiger partial charge in [0.15, 0.2) is 0 Å². The highest BCUT2D eigenvalue weighted by molar-refractivity contribution is 7.99. The van der Waals surface area contributed by atoms with Crippen molar-refractivity contribution in [2.24, 2.45) is 11.8 Å². The van der Waals surface area contributed by atoms with Crippen molar-refractivity contribution in [1.82, 2.24) is 0 Å². The van der Waals surface area contributed by atoms with Gasteiger partial charge in [-0.25, -0.2) is 0 Å². The van der Waals surface area contributed by atoms with Crippen LogP contribution in [0.15, 0.2) is 46.9 Å². The molecule has 0 N–H and O–H groups in total. The summed E-state index contributed by atoms with van der Waals surface area (Å²) in [6.45, 7) is 2.29. The van der Waals surface area contributed by atoms with Gasteiger partial charge in [0.05, 0.1) is 0 Å². The Bertz CT molecular complexity index is 397. The van der Waals surface area contributed by atoms with Gasteiger partial charge in [-0.1, -0.05) is 30.7 Å². The van der Waals surface area contributed by atoms with Gasteiger partial charge in [-0.3, -0.25) is 4.79 Å². The Morgan fingerprint density at radius 1 is 1.41 bits per heavy atom. The lowest BCUT2D eigenvalue weighted by molar-refractivity contribution is -0.104. The second-order valence-corrected chi connectivity index (χ2v) is 5.72. The number of benzene rings is 1. The molecule has 2 rings (SSSR count). The van der Waals surface area contributed by atoms with E-state index >= 15 is 0 Å². The highest BCUT2D eigenvalue weighted by Crippen LogP contribution is 2.40. The van der Waals surface area contributed by atoms with Crippen molar-refractivity contribution in [3.8, 4) is 0 Å². The maximum atomic E-state index is 10.5. The van der Waals surface area contributed by atoms with Crippen LogP contribution >= 0.6 is 11.8 Å². The number of carbonyl (C=O) groups is 1. The summed E-state index contributed by atoms with van der Waals surface area (Å²) in [6, 6.07) is 10.5. The second-order valence-electron chi connectivity index (χ2n) is 4.62. The van der Waals surface area contributed by atoms with E-state index in [0.717, 1.165) is 18.5 Å². The Labute approximate surface area is 107 Å². The zero-order chi connectivity index (χ0) is 12.1. The first kappa shape index (κ1) is 12.4. The molecular formula is C15H18OS. The molecule has 0 radical (unpaired) electrons. The minimum absolute atomic E-state index is 0.636. The van der Waals surface area contributed by atoms with E-state index in [1.807, 2.05) is 17.8 Å². The quantitative estimate of drug-likeness (QED) is 0.444. The predicted molar refractivity (Wildman–Crippen MR) is 73.2 cm³/mol. The summed E-state index contributed by atoms with van der Waals surface area (Å²) in [5.41, 5.74) is 1.35. The van der Waals surface area contributed by atoms with Crippen molar-refractivity contribution < 1.29 is 4.79 Å². The molecular weight excluding hydrogens is 228 g/mol. The van der Waals surface area contributed by atoms with Crippen molar-refractivity contribution in [1.29, 1.82) is 0 Å². The predicted octanol–water partition coefficient (Wildman–Crippen LogP) is 3.95. The zero-order valence-electron chi connectivity index (χ0n) is 10.1. The van der Waals surface area contributed by atoms with Crippen molar-refractivity contribution in [2.75, 3.05) is 5.75 Å². The number of hydrogen-bond donors (Lipinski definition) is 0. The fourth-order valence-corrected chi connectivity index (χ4v) is 3.32. The zero-order valence-corrected chi connectivity index (χ0v) is 11.0. The van der Waals surface area contributed by atoms with Crippen LogP contribution in [0.3, 0.4) is 0 Å². The Morgan fingerprint density at radius 2 is 2.18 bits per heavy atom. The van der Waals surface area contributed by atoms with Gasteiger partial charge < -0.3 is 0 Å². The molecule has 0 bridgehead atoms. The van der Waals surface area contributed by atoms with E-state index in [4.69, 9.17) is 0 Å². The average Bonchev–Trinajstić information content (AvgIpc) is 2.33. The van der Waals surface area contributed by atoms with Crippen molar-refractivity contribution in [3.63, 3.8) is 0 Å². The second kappa shape index (κ2) is 6.06. The smallest absolute Gasteiger partial charge is 0.142 e. The summed E-state index contributed by atoms with van der Waals surface area (Å²) in [6.07, 6.45) is 5.05. The average molecular weight is 246 g/mol. The molecule has 0 amide bonds. The normalized spacial score (nSPS) is 23.1. The Kier molecular flexibility index (Phi) is 4.43. The summed E-state index contributed by atoms with van der Waals surface area (Å²) in [7, 11) is 0. The van der Waals surface area contributed by atoms with Crippen LogP contribution in [0, 0.1) is 11.8 Å². The largest absolute Gasteiger partial charge is 0.299 e. The molecule has 1 aromatic rings. The van der Waals surface area contributed by atoms with Gasteiger partial charge >= 0.3 is 0 Å². The topological polar surface area (TPSA) is 17.1 Å². The van der Waals surface area contributed by atoms with E-state index < -0.39 is 0 Å². The molecule has 0 aliphatic heterocycles. The van der Waals surface area contributed by atoms with E-state index in [0.29, 0.717) is 11.8 Å². The maximum Gasteiger partial charge on any atom is 0.142 e. The van der Waals surface area contributed by atoms with E-state index in [9.17, 15) is 4.79 Å². The highest BCUT2D eigenvalue weighted by Gasteiger charge is 2.28. The van der Waals surface area contributed by atoms with Gasteiger partial charge in [-0.15, -0.1) is 11.8 Å². The molecule has 2 unspecified atom stereocenters. The van der Waals surface area contributed by atoms with Crippen LogP contribution in [0.2, 0.25) is 0 Å². The number of hydrogen-bond acceptors (Lipinski definition) is 2. The molecule has 2 atom stereocenters. The van der Waals surface area contributed by atoms with Crippen molar-refractivity contribution in [2.45, 2.75) is 24.7 Å². The van der Waals surface area contributed by atoms with Gasteiger partial charge in [0.25, 0.3) is 0 Å². The van der Waals surface area contributed by atoms with Gasteiger partial charge in [0, 0.05) is 10.6 Å². The lowest BCUT2D eigenvalue weighted by Crippen LogP contribution is -2.24. The summed E-state index contributed by atoms with van der Waals surface area (Å²) in [4.78, 5) is 11.8. The van der Waals surface area contributed by atoms with Crippen molar-refractivity contribution >= 4 is 18.0 Å². The molecule has 1 nitrogen and oxygen atoms in total. The minimum atomic E-state index is 0.636. The third-order valence-corrected chi connectivity index (χ3v) is 4.74. The minimum Gasteiger partial charge on any atom is -0.299 e. The summed E-state index contributed by atoms with van der Waals surface area (Å²) in [5.74, 6) is 2.42. The van der Waals surface area contributed by atoms with Gasteiger partial charge in [0.1, 0.15) is 6.29 Å². The number of thioether (sulfide) groups is 1. The SMILES string of the molecule is CC(CSc1ccccc1)C1CC/C1=C\C=O. The maximum absolute atomic E-state index is 10.5. The summed E-state index contributed by atoms with van der Waals surface area (Å²) in [5, 5.41) is 0. The third-order valence-electron chi connectivity index (χ3n) is 3.45. The highest BCUT2D eigenvalue weighted by atomic mass is 32.2. The van der Waals surface area contributed by atoms with E-state index in [2.05, 4.69) is 31.2 Å². The molecule has 2 heteroatoms. The number of rotatable bonds is 5. The lowest BCUT2D eigenvalue weighted by Gasteiger charge is -2.34. The van der Waals surface area contributed by atoms with Crippen LogP contribution in [-0.4, -0.2) is 12.0 Å². The number of aldehydes is 1. The Hall–Kier alpha value is -1.02. The first-order valence-corrected chi connectivity index (χ1v) is 7.12. The molecule has 17 heavy (non-hydrogen) atoms. The van der Waals surface area contributed by atoms with E-state index in [-0.39, 0.29) is 0 Å². The van der Waals surface area contributed by atoms with Crippen LogP contribution in [0.25, 0.3) is 0 Å². The molecule has 0 aromatic heterocycles. The fourth-order valence-electron chi connectivity index (χ4n) is 2.28. The van der Waals surface area contributed by atoms with Crippen LogP contribution < -0.4 is 0 Å². The number of carbonyl (C=O) groups excluding carboxylic acids is 1. The Balaban J connectivity index is 1.84. The van der Waals surface area contributed by atoms with Crippen LogP contribution in [-0.2, 0) is 4.79 Å². The lowest BCUT2D eigenvalue weighted by atomic mass is 9.72. The molecule has 0 spiro atoms. The van der Waals surface area contributed by atoms with Crippen molar-refractivity contribution in [3.05, 3.63) is 42.0 Å². The summed E-state index contributed by atoms with van der Waals surface area (Å²) >= 11 is 1.91. The van der Waals surface area contributed by atoms with Crippen LogP contribution in [0.1, 0.15) is 19.8 Å². The molecule has 1 aliphatic carbocycles. The van der Waals surface area contributed by atoms with Crippen LogP contribution in [0.5, 0.6) is 0 Å². The standard InChI is InChI=1S/C15H18OS/c1-12(15-8-7-13(15)9-10-16)11-17-14-5-3-2-4-6-14/h2-6,9-10,12,15H,7-8,11H2,1H3/b13-9+. The van der Waals surface area contributed by atoms with Gasteiger partial charge in [-0.05, 0) is 42.9 Å². The first-order valence-electron chi connectivity index (χ1n) is 6.13. The molecule has 1 saturated carbocycles. The molecule has 1 aromatic carbocycles. The molecule has 1 fully saturated rings. The Morgan fingerprint density at radius 3 is 2.76 bits per heavy atom.